The molecule has 2 atom stereocenters. The van der Waals surface area contributed by atoms with Gasteiger partial charge in [-0.25, -0.2) is 0 Å². The van der Waals surface area contributed by atoms with Gasteiger partial charge in [0.2, 0.25) is 5.91 Å². The van der Waals surface area contributed by atoms with E-state index < -0.39 is 36.5 Å². The van der Waals surface area contributed by atoms with Crippen LogP contribution in [0.1, 0.15) is 5.56 Å². The normalized spacial score (nSPS) is 16.9. The monoisotopic (exact) mass is 441 g/mol. The molecular formula is C21H23N5O6. The molecule has 7 N–H and O–H groups in total. The van der Waals surface area contributed by atoms with E-state index in [1.165, 1.54) is 35.2 Å². The zero-order valence-corrected chi connectivity index (χ0v) is 16.9. The Labute approximate surface area is 183 Å². The Morgan fingerprint density at radius 2 is 1.91 bits per heavy atom. The van der Waals surface area contributed by atoms with Gasteiger partial charge in [0.25, 0.3) is 11.8 Å². The Kier molecular flexibility index (Phi) is 7.15. The van der Waals surface area contributed by atoms with E-state index in [-0.39, 0.29) is 19.0 Å². The van der Waals surface area contributed by atoms with Crippen LogP contribution in [0.2, 0.25) is 0 Å². The average Bonchev–Trinajstić information content (AvgIpc) is 2.79. The molecule has 1 aliphatic heterocycles. The highest BCUT2D eigenvalue weighted by molar-refractivity contribution is 6.04. The summed E-state index contributed by atoms with van der Waals surface area (Å²) < 4.78 is 5.38. The number of anilines is 3. The molecule has 2 aromatic carbocycles. The maximum atomic E-state index is 12.9. The number of rotatable bonds is 7. The lowest BCUT2D eigenvalue weighted by atomic mass is 10.1. The summed E-state index contributed by atoms with van der Waals surface area (Å²) >= 11 is 0. The number of carbonyl (C=O) groups is 3. The molecule has 11 nitrogen and oxygen atoms in total. The number of carbonyl (C=O) groups excluding carboxylic acids is 3. The summed E-state index contributed by atoms with van der Waals surface area (Å²) in [6.07, 6.45) is -3.19. The van der Waals surface area contributed by atoms with Gasteiger partial charge >= 0.3 is 0 Å². The van der Waals surface area contributed by atoms with Crippen molar-refractivity contribution in [2.24, 2.45) is 5.73 Å². The van der Waals surface area contributed by atoms with Crippen LogP contribution < -0.4 is 21.3 Å². The Morgan fingerprint density at radius 1 is 1.19 bits per heavy atom. The molecule has 3 amide bonds. The van der Waals surface area contributed by atoms with Gasteiger partial charge in [-0.2, -0.15) is 0 Å². The third-order valence-electron chi connectivity index (χ3n) is 4.73. The number of benzene rings is 2. The Balaban J connectivity index is 1.70. The number of hydrogen-bond acceptors (Lipinski definition) is 7. The first kappa shape index (κ1) is 22.9. The van der Waals surface area contributed by atoms with Crippen LogP contribution in [0, 0.1) is 5.41 Å². The fourth-order valence-corrected chi connectivity index (χ4v) is 3.13. The van der Waals surface area contributed by atoms with E-state index in [1.54, 1.807) is 18.2 Å². The summed E-state index contributed by atoms with van der Waals surface area (Å²) in [7, 11) is 0. The number of hydrogen-bond donors (Lipinski definition) is 6. The summed E-state index contributed by atoms with van der Waals surface area (Å²) in [6, 6.07) is 12.5. The summed E-state index contributed by atoms with van der Waals surface area (Å²) in [4.78, 5) is 38.2. The van der Waals surface area contributed by atoms with Gasteiger partial charge in [-0.3, -0.25) is 19.8 Å². The molecule has 0 radical (unpaired) electrons. The number of nitrogen functional groups attached to an aromatic ring is 1. The third-order valence-corrected chi connectivity index (χ3v) is 4.73. The number of nitrogens with one attached hydrogen (secondary N) is 3. The second kappa shape index (κ2) is 10.0. The van der Waals surface area contributed by atoms with Crippen LogP contribution in [0.3, 0.4) is 0 Å². The number of aliphatic hydroxyl groups is 2. The minimum atomic E-state index is -1.77. The highest BCUT2D eigenvalue weighted by Gasteiger charge is 2.39. The standard InChI is InChI=1S/C21H23N5O6/c22-19(23)12-4-6-13(7-5-12)25-20(30)17(29)18-21(31)26(8-9-32-18)15-3-1-2-14(10-15)24-16(28)11-27/h1-7,10,17-18,27,29H,8-9,11H2,(H3,22,23)(H,24,28)(H,25,30)/t17?,18-/m1/s1. The largest absolute Gasteiger partial charge is 0.387 e. The number of ether oxygens (including phenoxy) is 1. The van der Waals surface area contributed by atoms with Gasteiger partial charge in [-0.15, -0.1) is 0 Å². The Morgan fingerprint density at radius 3 is 2.56 bits per heavy atom. The molecule has 3 rings (SSSR count). The molecule has 1 saturated heterocycles. The summed E-state index contributed by atoms with van der Waals surface area (Å²) in [6.45, 7) is -0.406. The molecule has 32 heavy (non-hydrogen) atoms. The van der Waals surface area contributed by atoms with Crippen LogP contribution in [-0.4, -0.2) is 65.7 Å². The second-order valence-corrected chi connectivity index (χ2v) is 6.96. The van der Waals surface area contributed by atoms with Gasteiger partial charge in [-0.05, 0) is 42.5 Å². The molecule has 1 aliphatic rings. The van der Waals surface area contributed by atoms with Gasteiger partial charge in [0.05, 0.1) is 6.61 Å². The van der Waals surface area contributed by atoms with E-state index in [2.05, 4.69) is 10.6 Å². The molecule has 0 aromatic heterocycles. The van der Waals surface area contributed by atoms with E-state index in [0.717, 1.165) is 0 Å². The zero-order chi connectivity index (χ0) is 23.3. The van der Waals surface area contributed by atoms with Crippen molar-refractivity contribution in [2.45, 2.75) is 12.2 Å². The first-order chi connectivity index (χ1) is 15.3. The van der Waals surface area contributed by atoms with Crippen molar-refractivity contribution in [3.05, 3.63) is 54.1 Å². The highest BCUT2D eigenvalue weighted by atomic mass is 16.5. The van der Waals surface area contributed by atoms with Crippen LogP contribution in [0.4, 0.5) is 17.1 Å². The Bertz CT molecular complexity index is 1030. The zero-order valence-electron chi connectivity index (χ0n) is 16.9. The maximum Gasteiger partial charge on any atom is 0.259 e. The van der Waals surface area contributed by atoms with E-state index in [1.807, 2.05) is 0 Å². The van der Waals surface area contributed by atoms with E-state index >= 15 is 0 Å². The SMILES string of the molecule is N=C(N)c1ccc(NC(=O)C(O)[C@H]2OCCN(c3cccc(NC(=O)CO)c3)C2=O)cc1. The summed E-state index contributed by atoms with van der Waals surface area (Å²) in [5, 5.41) is 31.7. The van der Waals surface area contributed by atoms with Crippen molar-refractivity contribution in [3.8, 4) is 0 Å². The van der Waals surface area contributed by atoms with E-state index in [9.17, 15) is 19.5 Å². The number of morpholine rings is 1. The number of aliphatic hydroxyl groups excluding tert-OH is 2. The molecule has 1 unspecified atom stereocenters. The number of nitrogens with zero attached hydrogens (tertiary/aromatic N) is 1. The second-order valence-electron chi connectivity index (χ2n) is 6.96. The van der Waals surface area contributed by atoms with Crippen molar-refractivity contribution in [2.75, 3.05) is 35.3 Å². The van der Waals surface area contributed by atoms with Crippen molar-refractivity contribution >= 4 is 40.6 Å². The van der Waals surface area contributed by atoms with Crippen LogP contribution in [-0.2, 0) is 19.1 Å². The highest BCUT2D eigenvalue weighted by Crippen LogP contribution is 2.24. The van der Waals surface area contributed by atoms with Gasteiger partial charge in [0, 0.05) is 29.2 Å². The van der Waals surface area contributed by atoms with Crippen molar-refractivity contribution in [1.82, 2.24) is 0 Å². The van der Waals surface area contributed by atoms with Crippen molar-refractivity contribution < 1.29 is 29.3 Å². The maximum absolute atomic E-state index is 12.9. The Hall–Kier alpha value is -3.80. The molecular weight excluding hydrogens is 418 g/mol. The number of amides is 3. The minimum absolute atomic E-state index is 0.0846. The smallest absolute Gasteiger partial charge is 0.259 e. The van der Waals surface area contributed by atoms with Crippen molar-refractivity contribution in [1.29, 1.82) is 5.41 Å². The van der Waals surface area contributed by atoms with Gasteiger partial charge < -0.3 is 36.2 Å². The van der Waals surface area contributed by atoms with E-state index in [0.29, 0.717) is 22.6 Å². The third kappa shape index (κ3) is 5.27. The molecule has 2 aromatic rings. The van der Waals surface area contributed by atoms with Crippen LogP contribution in [0.25, 0.3) is 0 Å². The molecule has 0 bridgehead atoms. The number of amidine groups is 1. The van der Waals surface area contributed by atoms with Crippen molar-refractivity contribution in [3.63, 3.8) is 0 Å². The summed E-state index contributed by atoms with van der Waals surface area (Å²) in [5.74, 6) is -2.16. The lowest BCUT2D eigenvalue weighted by molar-refractivity contribution is -0.150. The molecule has 1 fully saturated rings. The average molecular weight is 441 g/mol. The predicted octanol–water partition coefficient (Wildman–Crippen LogP) is -0.367. The van der Waals surface area contributed by atoms with Gasteiger partial charge in [0.15, 0.2) is 12.2 Å². The fraction of sp³-hybridized carbons (Fsp3) is 0.238. The fourth-order valence-electron chi connectivity index (χ4n) is 3.13. The van der Waals surface area contributed by atoms with Gasteiger partial charge in [-0.1, -0.05) is 6.07 Å². The van der Waals surface area contributed by atoms with Gasteiger partial charge in [0.1, 0.15) is 12.4 Å². The molecule has 1 heterocycles. The first-order valence-corrected chi connectivity index (χ1v) is 9.67. The lowest BCUT2D eigenvalue weighted by Gasteiger charge is -2.34. The first-order valence-electron chi connectivity index (χ1n) is 9.67. The van der Waals surface area contributed by atoms with E-state index in [4.69, 9.17) is 21.0 Å². The predicted molar refractivity (Wildman–Crippen MR) is 116 cm³/mol. The summed E-state index contributed by atoms with van der Waals surface area (Å²) in [5.41, 5.74) is 7.04. The quantitative estimate of drug-likeness (QED) is 0.251. The molecule has 0 spiro atoms. The number of nitrogens with two attached hydrogens (primary N) is 1. The van der Waals surface area contributed by atoms with Crippen LogP contribution >= 0.6 is 0 Å². The van der Waals surface area contributed by atoms with Crippen LogP contribution in [0.5, 0.6) is 0 Å². The molecule has 0 aliphatic carbocycles. The van der Waals surface area contributed by atoms with Crippen LogP contribution in [0.15, 0.2) is 48.5 Å². The minimum Gasteiger partial charge on any atom is -0.387 e. The molecule has 11 heteroatoms. The topological polar surface area (TPSA) is 178 Å². The lowest BCUT2D eigenvalue weighted by Crippen LogP contribution is -2.55. The molecule has 168 valence electrons. The molecule has 0 saturated carbocycles.